The third-order valence-electron chi connectivity index (χ3n) is 6.61. The minimum atomic E-state index is -1.17. The molecule has 12 heteroatoms. The summed E-state index contributed by atoms with van der Waals surface area (Å²) in [4.78, 5) is 53.5. The fourth-order valence-electron chi connectivity index (χ4n) is 4.66. The van der Waals surface area contributed by atoms with Crippen LogP contribution in [0.25, 0.3) is 0 Å². The molecule has 0 aliphatic carbocycles. The van der Waals surface area contributed by atoms with Gasteiger partial charge in [-0.2, -0.15) is 11.8 Å². The average Bonchev–Trinajstić information content (AvgIpc) is 2.80. The van der Waals surface area contributed by atoms with Crippen molar-refractivity contribution in [3.63, 3.8) is 0 Å². The second kappa shape index (κ2) is 16.0. The Kier molecular flexibility index (Phi) is 14.4. The van der Waals surface area contributed by atoms with Crippen molar-refractivity contribution in [2.75, 3.05) is 18.6 Å². The van der Waals surface area contributed by atoms with Crippen LogP contribution in [0, 0.1) is 11.8 Å². The van der Waals surface area contributed by atoms with Crippen molar-refractivity contribution in [1.29, 1.82) is 0 Å². The average molecular weight is 604 g/mol. The van der Waals surface area contributed by atoms with Gasteiger partial charge in [0.2, 0.25) is 11.8 Å². The lowest BCUT2D eigenvalue weighted by Gasteiger charge is -2.47. The van der Waals surface area contributed by atoms with Crippen molar-refractivity contribution in [3.05, 3.63) is 0 Å². The number of carboxylic acids is 1. The maximum absolute atomic E-state index is 14.1. The third kappa shape index (κ3) is 12.8. The molecule has 3 amide bonds. The van der Waals surface area contributed by atoms with Gasteiger partial charge >= 0.3 is 12.1 Å². The number of carbonyl (C=O) groups is 4. The van der Waals surface area contributed by atoms with Gasteiger partial charge in [-0.05, 0) is 78.2 Å². The molecule has 0 spiro atoms. The Morgan fingerprint density at radius 3 is 2.17 bits per heavy atom. The number of ether oxygens (including phenoxy) is 3. The lowest BCUT2D eigenvalue weighted by atomic mass is 9.97. The summed E-state index contributed by atoms with van der Waals surface area (Å²) in [7, 11) is 0. The van der Waals surface area contributed by atoms with E-state index >= 15 is 0 Å². The van der Waals surface area contributed by atoms with Crippen LogP contribution in [0.1, 0.15) is 88.5 Å². The van der Waals surface area contributed by atoms with E-state index in [1.165, 1.54) is 16.7 Å². The molecule has 3 N–H and O–H groups in total. The number of thioether (sulfide) groups is 1. The fourth-order valence-corrected chi connectivity index (χ4v) is 5.12. The molecule has 1 fully saturated rings. The molecule has 0 unspecified atom stereocenters. The molecule has 1 heterocycles. The Bertz CT molecular complexity index is 890. The molecule has 0 bridgehead atoms. The molecule has 1 aliphatic rings. The van der Waals surface area contributed by atoms with Gasteiger partial charge in [-0.3, -0.25) is 9.59 Å². The van der Waals surface area contributed by atoms with Crippen molar-refractivity contribution >= 4 is 35.6 Å². The summed E-state index contributed by atoms with van der Waals surface area (Å²) in [5, 5.41) is 15.9. The minimum absolute atomic E-state index is 0.146. The van der Waals surface area contributed by atoms with E-state index in [2.05, 4.69) is 10.6 Å². The molecule has 1 saturated heterocycles. The van der Waals surface area contributed by atoms with Crippen LogP contribution in [0.2, 0.25) is 0 Å². The maximum Gasteiger partial charge on any atom is 0.408 e. The van der Waals surface area contributed by atoms with Crippen LogP contribution in [-0.2, 0) is 28.6 Å². The Morgan fingerprint density at radius 2 is 1.68 bits per heavy atom. The molecule has 41 heavy (non-hydrogen) atoms. The summed E-state index contributed by atoms with van der Waals surface area (Å²) in [6.45, 7) is 18.0. The SMILES string of the molecule is CSCC[C@@H](C(=O)O)N(C[C@H]1OC(C)(C)O[C@H](C)[C@@H]1NC(=O)OC(C)(C)C)C(=O)[C@H](NC(=O)CCC(C)C)C(C)C. The molecule has 11 nitrogen and oxygen atoms in total. The molecule has 0 aromatic carbocycles. The second-order valence-corrected chi connectivity index (χ2v) is 13.9. The third-order valence-corrected chi connectivity index (χ3v) is 7.25. The quantitative estimate of drug-likeness (QED) is 0.268. The first-order valence-electron chi connectivity index (χ1n) is 14.4. The van der Waals surface area contributed by atoms with Gasteiger partial charge in [0.15, 0.2) is 5.79 Å². The van der Waals surface area contributed by atoms with Gasteiger partial charge in [-0.1, -0.05) is 27.7 Å². The number of nitrogens with zero attached hydrogens (tertiary/aromatic N) is 1. The molecule has 0 saturated carbocycles. The number of rotatable bonds is 14. The largest absolute Gasteiger partial charge is 0.480 e. The van der Waals surface area contributed by atoms with Crippen LogP contribution < -0.4 is 10.6 Å². The Labute approximate surface area is 250 Å². The van der Waals surface area contributed by atoms with Crippen LogP contribution in [0.15, 0.2) is 0 Å². The summed E-state index contributed by atoms with van der Waals surface area (Å²) < 4.78 is 17.6. The Balaban J connectivity index is 3.46. The standard InChI is InChI=1S/C29H53N3O8S/c1-17(2)12-13-22(33)30-23(18(3)4)25(34)32(20(26(35)36)14-15-41-11)16-21-24(19(5)38-29(9,10)39-21)31-27(37)40-28(6,7)8/h17-21,23-24H,12-16H2,1-11H3,(H,30,33)(H,31,37)(H,35,36)/t19-,20+,21-,23-,24+/m1/s1. The minimum Gasteiger partial charge on any atom is -0.480 e. The lowest BCUT2D eigenvalue weighted by Crippen LogP contribution is -2.65. The van der Waals surface area contributed by atoms with Crippen molar-refractivity contribution in [1.82, 2.24) is 15.5 Å². The van der Waals surface area contributed by atoms with Crippen molar-refractivity contribution < 1.29 is 38.5 Å². The number of amides is 3. The number of carboxylic acid groups (broad SMARTS) is 1. The topological polar surface area (TPSA) is 144 Å². The smallest absolute Gasteiger partial charge is 0.408 e. The molecule has 238 valence electrons. The first kappa shape index (κ1) is 37.0. The molecule has 0 aromatic heterocycles. The van der Waals surface area contributed by atoms with E-state index in [1.807, 2.05) is 34.0 Å². The van der Waals surface area contributed by atoms with E-state index in [0.29, 0.717) is 18.1 Å². The number of nitrogens with one attached hydrogen (secondary N) is 2. The number of hydrogen-bond donors (Lipinski definition) is 3. The molecule has 5 atom stereocenters. The monoisotopic (exact) mass is 603 g/mol. The normalized spacial score (nSPS) is 22.1. The second-order valence-electron chi connectivity index (χ2n) is 12.9. The van der Waals surface area contributed by atoms with Crippen LogP contribution in [0.4, 0.5) is 4.79 Å². The first-order chi connectivity index (χ1) is 18.8. The highest BCUT2D eigenvalue weighted by Crippen LogP contribution is 2.29. The zero-order valence-electron chi connectivity index (χ0n) is 26.7. The zero-order valence-corrected chi connectivity index (χ0v) is 27.6. The van der Waals surface area contributed by atoms with Crippen LogP contribution >= 0.6 is 11.8 Å². The van der Waals surface area contributed by atoms with E-state index < -0.39 is 59.7 Å². The lowest BCUT2D eigenvalue weighted by molar-refractivity contribution is -0.307. The molecular weight excluding hydrogens is 550 g/mol. The molecule has 1 rings (SSSR count). The molecular formula is C29H53N3O8S. The Morgan fingerprint density at radius 1 is 1.07 bits per heavy atom. The van der Waals surface area contributed by atoms with Gasteiger partial charge in [0.05, 0.1) is 18.7 Å². The number of carbonyl (C=O) groups excluding carboxylic acids is 3. The van der Waals surface area contributed by atoms with E-state index in [0.717, 1.165) is 0 Å². The van der Waals surface area contributed by atoms with E-state index in [1.54, 1.807) is 41.5 Å². The summed E-state index contributed by atoms with van der Waals surface area (Å²) >= 11 is 1.48. The highest BCUT2D eigenvalue weighted by molar-refractivity contribution is 7.98. The Hall–Kier alpha value is -2.05. The van der Waals surface area contributed by atoms with Gasteiger partial charge in [-0.25, -0.2) is 9.59 Å². The van der Waals surface area contributed by atoms with Crippen molar-refractivity contribution in [3.8, 4) is 0 Å². The highest BCUT2D eigenvalue weighted by atomic mass is 32.2. The predicted octanol–water partition coefficient (Wildman–Crippen LogP) is 4.03. The van der Waals surface area contributed by atoms with Crippen LogP contribution in [0.3, 0.4) is 0 Å². The zero-order chi connectivity index (χ0) is 31.7. The van der Waals surface area contributed by atoms with Crippen molar-refractivity contribution in [2.45, 2.75) is 130 Å². The molecule has 1 aliphatic heterocycles. The van der Waals surface area contributed by atoms with Gasteiger partial charge in [0.1, 0.15) is 23.8 Å². The maximum atomic E-state index is 14.1. The van der Waals surface area contributed by atoms with E-state index in [4.69, 9.17) is 14.2 Å². The highest BCUT2D eigenvalue weighted by Gasteiger charge is 2.46. The summed E-state index contributed by atoms with van der Waals surface area (Å²) in [6.07, 6.45) is 0.939. The van der Waals surface area contributed by atoms with Crippen molar-refractivity contribution in [2.24, 2.45) is 11.8 Å². The number of aliphatic carboxylic acids is 1. The first-order valence-corrected chi connectivity index (χ1v) is 15.8. The van der Waals surface area contributed by atoms with Gasteiger partial charge in [0, 0.05) is 6.42 Å². The van der Waals surface area contributed by atoms with Gasteiger partial charge in [-0.15, -0.1) is 0 Å². The van der Waals surface area contributed by atoms with Crippen LogP contribution in [-0.4, -0.2) is 94.2 Å². The van der Waals surface area contributed by atoms with Gasteiger partial charge in [0.25, 0.3) is 0 Å². The fraction of sp³-hybridized carbons (Fsp3) is 0.862. The molecule has 0 radical (unpaired) electrons. The summed E-state index contributed by atoms with van der Waals surface area (Å²) in [5.74, 6) is -2.47. The van der Waals surface area contributed by atoms with E-state index in [-0.39, 0.29) is 31.2 Å². The number of alkyl carbamates (subject to hydrolysis) is 1. The molecule has 0 aromatic rings. The predicted molar refractivity (Wildman–Crippen MR) is 160 cm³/mol. The van der Waals surface area contributed by atoms with Gasteiger partial charge < -0.3 is 34.9 Å². The number of hydrogen-bond acceptors (Lipinski definition) is 8. The summed E-state index contributed by atoms with van der Waals surface area (Å²) in [5.41, 5.74) is -0.745. The summed E-state index contributed by atoms with van der Waals surface area (Å²) in [6, 6.07) is -2.86. The van der Waals surface area contributed by atoms with Crippen LogP contribution in [0.5, 0.6) is 0 Å². The van der Waals surface area contributed by atoms with E-state index in [9.17, 15) is 24.3 Å².